The SMILES string of the molecule is O=C(Cc1ccccc1Br)c1ccc(OC2CC2)cc1. The molecule has 0 unspecified atom stereocenters. The Hall–Kier alpha value is -1.61. The van der Waals surface area contributed by atoms with Gasteiger partial charge in [-0.25, -0.2) is 0 Å². The van der Waals surface area contributed by atoms with E-state index in [9.17, 15) is 4.79 Å². The van der Waals surface area contributed by atoms with Gasteiger partial charge in [-0.3, -0.25) is 4.79 Å². The molecular formula is C17H15BrO2. The second-order valence-corrected chi connectivity index (χ2v) is 5.89. The molecule has 0 atom stereocenters. The van der Waals surface area contributed by atoms with Crippen LogP contribution in [0.1, 0.15) is 28.8 Å². The van der Waals surface area contributed by atoms with Crippen molar-refractivity contribution in [3.05, 3.63) is 64.1 Å². The molecule has 0 heterocycles. The van der Waals surface area contributed by atoms with Crippen molar-refractivity contribution in [2.24, 2.45) is 0 Å². The summed E-state index contributed by atoms with van der Waals surface area (Å²) in [6.45, 7) is 0. The molecule has 20 heavy (non-hydrogen) atoms. The molecule has 1 aliphatic rings. The third-order valence-corrected chi connectivity index (χ3v) is 4.09. The highest BCUT2D eigenvalue weighted by Crippen LogP contribution is 2.27. The summed E-state index contributed by atoms with van der Waals surface area (Å²) in [5.74, 6) is 0.972. The molecule has 1 aliphatic carbocycles. The molecular weight excluding hydrogens is 316 g/mol. The van der Waals surface area contributed by atoms with E-state index in [-0.39, 0.29) is 5.78 Å². The number of ketones is 1. The molecule has 0 N–H and O–H groups in total. The Kier molecular flexibility index (Phi) is 3.88. The van der Waals surface area contributed by atoms with Crippen LogP contribution in [0.15, 0.2) is 53.0 Å². The molecule has 2 nitrogen and oxygen atoms in total. The molecule has 0 amide bonds. The lowest BCUT2D eigenvalue weighted by Crippen LogP contribution is -2.04. The predicted molar refractivity (Wildman–Crippen MR) is 82.3 cm³/mol. The normalized spacial score (nSPS) is 14.1. The van der Waals surface area contributed by atoms with Gasteiger partial charge >= 0.3 is 0 Å². The Labute approximate surface area is 126 Å². The second kappa shape index (κ2) is 5.80. The van der Waals surface area contributed by atoms with Crippen molar-refractivity contribution in [3.8, 4) is 5.75 Å². The lowest BCUT2D eigenvalue weighted by atomic mass is 10.0. The Balaban J connectivity index is 1.68. The lowest BCUT2D eigenvalue weighted by Gasteiger charge is -2.06. The average Bonchev–Trinajstić information content (AvgIpc) is 3.26. The number of benzene rings is 2. The van der Waals surface area contributed by atoms with Gasteiger partial charge in [0.1, 0.15) is 5.75 Å². The van der Waals surface area contributed by atoms with Crippen LogP contribution in [0.25, 0.3) is 0 Å². The van der Waals surface area contributed by atoms with Crippen LogP contribution in [0, 0.1) is 0 Å². The molecule has 1 fully saturated rings. The third-order valence-electron chi connectivity index (χ3n) is 3.31. The van der Waals surface area contributed by atoms with E-state index in [2.05, 4.69) is 15.9 Å². The van der Waals surface area contributed by atoms with Gasteiger partial charge in [0.05, 0.1) is 6.10 Å². The largest absolute Gasteiger partial charge is 0.490 e. The highest BCUT2D eigenvalue weighted by molar-refractivity contribution is 9.10. The van der Waals surface area contributed by atoms with Gasteiger partial charge in [0.25, 0.3) is 0 Å². The van der Waals surface area contributed by atoms with Gasteiger partial charge in [0.15, 0.2) is 5.78 Å². The van der Waals surface area contributed by atoms with Crippen LogP contribution >= 0.6 is 15.9 Å². The monoisotopic (exact) mass is 330 g/mol. The Morgan fingerprint density at radius 2 is 1.80 bits per heavy atom. The van der Waals surface area contributed by atoms with E-state index in [0.717, 1.165) is 34.2 Å². The minimum Gasteiger partial charge on any atom is -0.490 e. The molecule has 1 saturated carbocycles. The molecule has 0 bridgehead atoms. The van der Waals surface area contributed by atoms with Gasteiger partial charge in [0, 0.05) is 16.5 Å². The first-order valence-electron chi connectivity index (χ1n) is 6.76. The maximum absolute atomic E-state index is 12.3. The van der Waals surface area contributed by atoms with Crippen LogP contribution in [-0.4, -0.2) is 11.9 Å². The molecule has 102 valence electrons. The third kappa shape index (κ3) is 3.28. The van der Waals surface area contributed by atoms with Crippen molar-refractivity contribution >= 4 is 21.7 Å². The van der Waals surface area contributed by atoms with Crippen molar-refractivity contribution in [3.63, 3.8) is 0 Å². The smallest absolute Gasteiger partial charge is 0.167 e. The average molecular weight is 331 g/mol. The molecule has 0 radical (unpaired) electrons. The molecule has 0 spiro atoms. The summed E-state index contributed by atoms with van der Waals surface area (Å²) in [6, 6.07) is 15.3. The van der Waals surface area contributed by atoms with E-state index in [1.54, 1.807) is 0 Å². The highest BCUT2D eigenvalue weighted by atomic mass is 79.9. The van der Waals surface area contributed by atoms with E-state index >= 15 is 0 Å². The van der Waals surface area contributed by atoms with Crippen molar-refractivity contribution in [2.75, 3.05) is 0 Å². The molecule has 3 heteroatoms. The number of carbonyl (C=O) groups excluding carboxylic acids is 1. The second-order valence-electron chi connectivity index (χ2n) is 5.03. The van der Waals surface area contributed by atoms with Gasteiger partial charge in [-0.15, -0.1) is 0 Å². The van der Waals surface area contributed by atoms with Gasteiger partial charge < -0.3 is 4.74 Å². The van der Waals surface area contributed by atoms with E-state index in [1.165, 1.54) is 0 Å². The van der Waals surface area contributed by atoms with Gasteiger partial charge in [0.2, 0.25) is 0 Å². The van der Waals surface area contributed by atoms with Crippen LogP contribution in [-0.2, 0) is 6.42 Å². The fourth-order valence-corrected chi connectivity index (χ4v) is 2.44. The zero-order chi connectivity index (χ0) is 13.9. The summed E-state index contributed by atoms with van der Waals surface area (Å²) >= 11 is 3.47. The first-order valence-corrected chi connectivity index (χ1v) is 7.55. The summed E-state index contributed by atoms with van der Waals surface area (Å²) < 4.78 is 6.65. The van der Waals surface area contributed by atoms with E-state index in [4.69, 9.17) is 4.74 Å². The number of halogens is 1. The quantitative estimate of drug-likeness (QED) is 0.759. The number of ether oxygens (including phenoxy) is 1. The Morgan fingerprint density at radius 1 is 1.10 bits per heavy atom. The number of rotatable bonds is 5. The number of hydrogen-bond acceptors (Lipinski definition) is 2. The Bertz CT molecular complexity index is 615. The van der Waals surface area contributed by atoms with E-state index in [1.807, 2.05) is 48.5 Å². The van der Waals surface area contributed by atoms with Crippen LogP contribution < -0.4 is 4.74 Å². The van der Waals surface area contributed by atoms with Gasteiger partial charge in [-0.05, 0) is 48.7 Å². The molecule has 3 rings (SSSR count). The minimum absolute atomic E-state index is 0.120. The standard InChI is InChI=1S/C17H15BrO2/c18-16-4-2-1-3-13(16)11-17(19)12-5-7-14(8-6-12)20-15-9-10-15/h1-8,15H,9-11H2. The zero-order valence-corrected chi connectivity index (χ0v) is 12.6. The lowest BCUT2D eigenvalue weighted by molar-refractivity contribution is 0.0993. The number of carbonyl (C=O) groups is 1. The van der Waals surface area contributed by atoms with Crippen LogP contribution in [0.2, 0.25) is 0 Å². The molecule has 2 aromatic rings. The van der Waals surface area contributed by atoms with Crippen molar-refractivity contribution < 1.29 is 9.53 Å². The zero-order valence-electron chi connectivity index (χ0n) is 11.0. The molecule has 0 saturated heterocycles. The molecule has 0 aromatic heterocycles. The first-order chi connectivity index (χ1) is 9.72. The van der Waals surface area contributed by atoms with Crippen LogP contribution in [0.5, 0.6) is 5.75 Å². The molecule has 0 aliphatic heterocycles. The molecule has 2 aromatic carbocycles. The summed E-state index contributed by atoms with van der Waals surface area (Å²) in [5.41, 5.74) is 1.74. The van der Waals surface area contributed by atoms with Crippen molar-refractivity contribution in [1.29, 1.82) is 0 Å². The summed E-state index contributed by atoms with van der Waals surface area (Å²) in [6.07, 6.45) is 3.08. The minimum atomic E-state index is 0.120. The number of hydrogen-bond donors (Lipinski definition) is 0. The fourth-order valence-electron chi connectivity index (χ4n) is 2.01. The maximum Gasteiger partial charge on any atom is 0.167 e. The highest BCUT2D eigenvalue weighted by Gasteiger charge is 2.23. The van der Waals surface area contributed by atoms with E-state index < -0.39 is 0 Å². The maximum atomic E-state index is 12.3. The Morgan fingerprint density at radius 3 is 2.45 bits per heavy atom. The van der Waals surface area contributed by atoms with Gasteiger partial charge in [-0.2, -0.15) is 0 Å². The van der Waals surface area contributed by atoms with Gasteiger partial charge in [-0.1, -0.05) is 34.1 Å². The fraction of sp³-hybridized carbons (Fsp3) is 0.235. The number of Topliss-reactive ketones (excluding diaryl/α,β-unsaturated/α-hetero) is 1. The summed E-state index contributed by atoms with van der Waals surface area (Å²) in [5, 5.41) is 0. The van der Waals surface area contributed by atoms with E-state index in [0.29, 0.717) is 12.5 Å². The predicted octanol–water partition coefficient (Wildman–Crippen LogP) is 4.42. The first kappa shape index (κ1) is 13.4. The summed E-state index contributed by atoms with van der Waals surface area (Å²) in [7, 11) is 0. The van der Waals surface area contributed by atoms with Crippen LogP contribution in [0.4, 0.5) is 0 Å². The van der Waals surface area contributed by atoms with Crippen molar-refractivity contribution in [1.82, 2.24) is 0 Å². The topological polar surface area (TPSA) is 26.3 Å². The van der Waals surface area contributed by atoms with Crippen molar-refractivity contribution in [2.45, 2.75) is 25.4 Å². The summed E-state index contributed by atoms with van der Waals surface area (Å²) in [4.78, 5) is 12.3. The van der Waals surface area contributed by atoms with Crippen LogP contribution in [0.3, 0.4) is 0 Å².